The summed E-state index contributed by atoms with van der Waals surface area (Å²) in [6.07, 6.45) is 3.50. The van der Waals surface area contributed by atoms with Crippen LogP contribution in [0.15, 0.2) is 23.0 Å². The average molecular weight is 357 g/mol. The smallest absolute Gasteiger partial charge is 0.338 e. The number of esters is 1. The molecule has 0 fully saturated rings. The number of carbonyl (C=O) groups excluding carboxylic acids is 2. The van der Waals surface area contributed by atoms with Crippen LogP contribution < -0.4 is 10.9 Å². The summed E-state index contributed by atoms with van der Waals surface area (Å²) in [4.78, 5) is 40.9. The van der Waals surface area contributed by atoms with Gasteiger partial charge in [-0.25, -0.2) is 9.78 Å². The van der Waals surface area contributed by atoms with Crippen molar-refractivity contribution >= 4 is 22.8 Å². The number of nitrogens with one attached hydrogen (secondary N) is 1. The van der Waals surface area contributed by atoms with Crippen LogP contribution >= 0.6 is 0 Å². The van der Waals surface area contributed by atoms with Crippen LogP contribution in [0.5, 0.6) is 0 Å². The molecule has 1 aliphatic rings. The first-order chi connectivity index (χ1) is 12.5. The van der Waals surface area contributed by atoms with Gasteiger partial charge in [0.2, 0.25) is 0 Å². The van der Waals surface area contributed by atoms with E-state index in [2.05, 4.69) is 10.3 Å². The molecule has 0 radical (unpaired) electrons. The van der Waals surface area contributed by atoms with Crippen LogP contribution in [0.1, 0.15) is 49.3 Å². The zero-order valence-corrected chi connectivity index (χ0v) is 15.1. The molecule has 2 heterocycles. The molecule has 1 aliphatic heterocycles. The molecule has 0 saturated heterocycles. The van der Waals surface area contributed by atoms with Crippen LogP contribution in [0, 0.1) is 0 Å². The Bertz CT molecular complexity index is 904. The summed E-state index contributed by atoms with van der Waals surface area (Å²) in [5.74, 6) is -0.181. The fourth-order valence-corrected chi connectivity index (χ4v) is 3.25. The number of rotatable bonds is 6. The highest BCUT2D eigenvalue weighted by Crippen LogP contribution is 2.16. The van der Waals surface area contributed by atoms with E-state index in [0.717, 1.165) is 31.5 Å². The third-order valence-corrected chi connectivity index (χ3v) is 4.52. The van der Waals surface area contributed by atoms with Gasteiger partial charge in [0, 0.05) is 19.0 Å². The second kappa shape index (κ2) is 7.68. The van der Waals surface area contributed by atoms with Gasteiger partial charge in [-0.3, -0.25) is 14.2 Å². The zero-order valence-electron chi connectivity index (χ0n) is 15.1. The summed E-state index contributed by atoms with van der Waals surface area (Å²) < 4.78 is 6.76. The first-order valence-electron chi connectivity index (χ1n) is 8.99. The van der Waals surface area contributed by atoms with Gasteiger partial charge >= 0.3 is 5.97 Å². The van der Waals surface area contributed by atoms with Crippen molar-refractivity contribution in [3.8, 4) is 0 Å². The van der Waals surface area contributed by atoms with Crippen LogP contribution in [0.2, 0.25) is 0 Å². The van der Waals surface area contributed by atoms with E-state index in [-0.39, 0.29) is 29.7 Å². The minimum absolute atomic E-state index is 0.0474. The van der Waals surface area contributed by atoms with Crippen molar-refractivity contribution in [2.45, 2.75) is 52.1 Å². The number of aryl methyl sites for hydroxylation is 1. The summed E-state index contributed by atoms with van der Waals surface area (Å²) in [6, 6.07) is 4.73. The second-order valence-electron chi connectivity index (χ2n) is 6.65. The SMILES string of the molecule is CCCC(C)NC(=O)COC(=O)c1ccc2c(=O)n3c(nc2c1)CCC3. The highest BCUT2D eigenvalue weighted by Gasteiger charge is 2.18. The maximum atomic E-state index is 12.4. The number of hydrogen-bond acceptors (Lipinski definition) is 5. The summed E-state index contributed by atoms with van der Waals surface area (Å²) in [7, 11) is 0. The molecule has 1 unspecified atom stereocenters. The van der Waals surface area contributed by atoms with Crippen molar-refractivity contribution in [3.05, 3.63) is 39.9 Å². The number of fused-ring (bicyclic) bond motifs is 2. The van der Waals surface area contributed by atoms with Crippen molar-refractivity contribution < 1.29 is 14.3 Å². The third-order valence-electron chi connectivity index (χ3n) is 4.52. The molecule has 0 aliphatic carbocycles. The van der Waals surface area contributed by atoms with Crippen LogP contribution in [-0.4, -0.2) is 34.1 Å². The van der Waals surface area contributed by atoms with E-state index in [1.807, 2.05) is 13.8 Å². The van der Waals surface area contributed by atoms with Crippen LogP contribution in [-0.2, 0) is 22.5 Å². The fraction of sp³-hybridized carbons (Fsp3) is 0.474. The number of hydrogen-bond donors (Lipinski definition) is 1. The summed E-state index contributed by atoms with van der Waals surface area (Å²) in [6.45, 7) is 4.31. The van der Waals surface area contributed by atoms with E-state index in [4.69, 9.17) is 4.74 Å². The zero-order chi connectivity index (χ0) is 18.7. The molecule has 138 valence electrons. The lowest BCUT2D eigenvalue weighted by Gasteiger charge is -2.12. The monoisotopic (exact) mass is 357 g/mol. The maximum Gasteiger partial charge on any atom is 0.338 e. The molecule has 3 rings (SSSR count). The number of carbonyl (C=O) groups is 2. The number of aromatic nitrogens is 2. The Balaban J connectivity index is 1.70. The Morgan fingerprint density at radius 2 is 2.19 bits per heavy atom. The Morgan fingerprint density at radius 3 is 2.96 bits per heavy atom. The van der Waals surface area contributed by atoms with Gasteiger partial charge in [0.15, 0.2) is 6.61 Å². The van der Waals surface area contributed by atoms with E-state index in [1.54, 1.807) is 16.7 Å². The van der Waals surface area contributed by atoms with Gasteiger partial charge in [-0.2, -0.15) is 0 Å². The Labute approximate surface area is 151 Å². The number of nitrogens with zero attached hydrogens (tertiary/aromatic N) is 2. The molecule has 7 nitrogen and oxygen atoms in total. The molecule has 0 bridgehead atoms. The molecule has 1 amide bonds. The lowest BCUT2D eigenvalue weighted by molar-refractivity contribution is -0.124. The largest absolute Gasteiger partial charge is 0.452 e. The van der Waals surface area contributed by atoms with Gasteiger partial charge in [-0.15, -0.1) is 0 Å². The number of amides is 1. The molecule has 1 N–H and O–H groups in total. The molecule has 1 atom stereocenters. The average Bonchev–Trinajstić information content (AvgIpc) is 3.08. The van der Waals surface area contributed by atoms with E-state index >= 15 is 0 Å². The van der Waals surface area contributed by atoms with Gasteiger partial charge in [0.05, 0.1) is 16.5 Å². The molecular formula is C19H23N3O4. The number of benzene rings is 1. The van der Waals surface area contributed by atoms with Crippen molar-refractivity contribution in [1.82, 2.24) is 14.9 Å². The molecular weight excluding hydrogens is 334 g/mol. The Morgan fingerprint density at radius 1 is 1.38 bits per heavy atom. The first-order valence-corrected chi connectivity index (χ1v) is 8.99. The van der Waals surface area contributed by atoms with Crippen LogP contribution in [0.25, 0.3) is 10.9 Å². The van der Waals surface area contributed by atoms with E-state index in [1.165, 1.54) is 6.07 Å². The lowest BCUT2D eigenvalue weighted by atomic mass is 10.1. The van der Waals surface area contributed by atoms with Crippen molar-refractivity contribution in [2.24, 2.45) is 0 Å². The minimum atomic E-state index is -0.604. The topological polar surface area (TPSA) is 90.3 Å². The van der Waals surface area contributed by atoms with E-state index in [0.29, 0.717) is 17.4 Å². The van der Waals surface area contributed by atoms with E-state index in [9.17, 15) is 14.4 Å². The first kappa shape index (κ1) is 18.1. The van der Waals surface area contributed by atoms with Crippen molar-refractivity contribution in [3.63, 3.8) is 0 Å². The van der Waals surface area contributed by atoms with E-state index < -0.39 is 5.97 Å². The van der Waals surface area contributed by atoms with Crippen LogP contribution in [0.3, 0.4) is 0 Å². The predicted molar refractivity (Wildman–Crippen MR) is 97.1 cm³/mol. The van der Waals surface area contributed by atoms with Gasteiger partial charge < -0.3 is 10.1 Å². The van der Waals surface area contributed by atoms with Crippen molar-refractivity contribution in [1.29, 1.82) is 0 Å². The Kier molecular flexibility index (Phi) is 5.35. The summed E-state index contributed by atoms with van der Waals surface area (Å²) in [5, 5.41) is 3.26. The lowest BCUT2D eigenvalue weighted by Crippen LogP contribution is -2.35. The molecule has 0 spiro atoms. The molecule has 1 aromatic heterocycles. The predicted octanol–water partition coefficient (Wildman–Crippen LogP) is 1.80. The van der Waals surface area contributed by atoms with Gasteiger partial charge in [0.25, 0.3) is 11.5 Å². The van der Waals surface area contributed by atoms with Crippen LogP contribution in [0.4, 0.5) is 0 Å². The summed E-state index contributed by atoms with van der Waals surface area (Å²) in [5.41, 5.74) is 0.687. The number of ether oxygens (including phenoxy) is 1. The van der Waals surface area contributed by atoms with Crippen molar-refractivity contribution in [2.75, 3.05) is 6.61 Å². The molecule has 2 aromatic rings. The maximum absolute atomic E-state index is 12.4. The highest BCUT2D eigenvalue weighted by molar-refractivity contribution is 5.95. The molecule has 26 heavy (non-hydrogen) atoms. The molecule has 0 saturated carbocycles. The normalized spacial score (nSPS) is 14.1. The van der Waals surface area contributed by atoms with Gasteiger partial charge in [-0.1, -0.05) is 13.3 Å². The second-order valence-corrected chi connectivity index (χ2v) is 6.65. The minimum Gasteiger partial charge on any atom is -0.452 e. The highest BCUT2D eigenvalue weighted by atomic mass is 16.5. The standard InChI is InChI=1S/C19H23N3O4/c1-3-5-12(2)20-17(23)11-26-19(25)13-7-8-14-15(10-13)21-16-6-4-9-22(16)18(14)24/h7-8,10,12H,3-6,9,11H2,1-2H3,(H,20,23). The molecule has 7 heteroatoms. The third kappa shape index (κ3) is 3.76. The Hall–Kier alpha value is -2.70. The fourth-order valence-electron chi connectivity index (χ4n) is 3.25. The summed E-state index contributed by atoms with van der Waals surface area (Å²) >= 11 is 0. The molecule has 1 aromatic carbocycles. The van der Waals surface area contributed by atoms with Gasteiger partial charge in [-0.05, 0) is 38.0 Å². The quantitative estimate of drug-likeness (QED) is 0.796. The van der Waals surface area contributed by atoms with Gasteiger partial charge in [0.1, 0.15) is 5.82 Å².